The molecular weight excluding hydrogens is 462 g/mol. The topological polar surface area (TPSA) is 136 Å². The van der Waals surface area contributed by atoms with E-state index in [2.05, 4.69) is 5.32 Å². The van der Waals surface area contributed by atoms with Gasteiger partial charge in [0, 0.05) is 30.9 Å². The zero-order valence-corrected chi connectivity index (χ0v) is 18.4. The van der Waals surface area contributed by atoms with E-state index >= 15 is 0 Å². The van der Waals surface area contributed by atoms with Gasteiger partial charge < -0.3 is 10.1 Å². The highest BCUT2D eigenvalue weighted by Crippen LogP contribution is 2.24. The lowest BCUT2D eigenvalue weighted by molar-refractivity contribution is -0.384. The molecule has 1 aliphatic heterocycles. The van der Waals surface area contributed by atoms with Gasteiger partial charge in [0.25, 0.3) is 11.6 Å². The van der Waals surface area contributed by atoms with Crippen molar-refractivity contribution in [2.45, 2.75) is 24.2 Å². The van der Waals surface area contributed by atoms with Crippen molar-refractivity contribution >= 4 is 44.9 Å². The Morgan fingerprint density at radius 1 is 1.09 bits per heavy atom. The van der Waals surface area contributed by atoms with E-state index in [9.17, 15) is 28.1 Å². The number of esters is 1. The summed E-state index contributed by atoms with van der Waals surface area (Å²) in [5.74, 6) is -1.56. The van der Waals surface area contributed by atoms with Crippen LogP contribution in [0.3, 0.4) is 0 Å². The number of hydrogen-bond donors (Lipinski definition) is 1. The zero-order valence-electron chi connectivity index (χ0n) is 16.8. The third-order valence-corrected chi connectivity index (χ3v) is 7.03. The maximum absolute atomic E-state index is 12.7. The van der Waals surface area contributed by atoms with Gasteiger partial charge in [0.1, 0.15) is 0 Å². The Hall–Kier alpha value is -3.02. The number of sulfonamides is 1. The number of non-ortho nitro benzene ring substituents is 1. The highest BCUT2D eigenvalue weighted by Gasteiger charge is 2.25. The number of amides is 1. The van der Waals surface area contributed by atoms with Crippen molar-refractivity contribution in [3.63, 3.8) is 0 Å². The van der Waals surface area contributed by atoms with Crippen LogP contribution in [-0.2, 0) is 19.6 Å². The molecule has 12 heteroatoms. The summed E-state index contributed by atoms with van der Waals surface area (Å²) in [7, 11) is -3.58. The minimum atomic E-state index is -3.58. The Kier molecular flexibility index (Phi) is 7.44. The van der Waals surface area contributed by atoms with E-state index in [0.29, 0.717) is 18.8 Å². The lowest BCUT2D eigenvalue weighted by Gasteiger charge is -2.25. The van der Waals surface area contributed by atoms with Crippen molar-refractivity contribution in [3.05, 3.63) is 63.2 Å². The van der Waals surface area contributed by atoms with Crippen molar-refractivity contribution in [2.75, 3.05) is 25.0 Å². The van der Waals surface area contributed by atoms with Gasteiger partial charge in [0.05, 0.1) is 20.4 Å². The molecule has 0 aliphatic carbocycles. The summed E-state index contributed by atoms with van der Waals surface area (Å²) < 4.78 is 31.6. The third-order valence-electron chi connectivity index (χ3n) is 4.81. The maximum Gasteiger partial charge on any atom is 0.340 e. The van der Waals surface area contributed by atoms with Gasteiger partial charge in [-0.15, -0.1) is 0 Å². The van der Waals surface area contributed by atoms with Gasteiger partial charge in [0.15, 0.2) is 6.61 Å². The van der Waals surface area contributed by atoms with Crippen LogP contribution in [0.2, 0.25) is 5.02 Å². The first-order valence-electron chi connectivity index (χ1n) is 9.69. The number of nitro groups is 1. The first kappa shape index (κ1) is 23.6. The first-order valence-corrected chi connectivity index (χ1v) is 11.5. The number of carbonyl (C=O) groups excluding carboxylic acids is 2. The van der Waals surface area contributed by atoms with E-state index < -0.39 is 33.4 Å². The van der Waals surface area contributed by atoms with E-state index in [1.165, 1.54) is 28.6 Å². The molecule has 1 fully saturated rings. The molecule has 0 unspecified atom stereocenters. The summed E-state index contributed by atoms with van der Waals surface area (Å²) >= 11 is 5.86. The largest absolute Gasteiger partial charge is 0.452 e. The van der Waals surface area contributed by atoms with E-state index in [0.717, 1.165) is 37.5 Å². The molecule has 1 heterocycles. The minimum Gasteiger partial charge on any atom is -0.452 e. The summed E-state index contributed by atoms with van der Waals surface area (Å²) in [4.78, 5) is 34.4. The highest BCUT2D eigenvalue weighted by molar-refractivity contribution is 7.89. The normalized spacial score (nSPS) is 14.5. The summed E-state index contributed by atoms with van der Waals surface area (Å²) in [5.41, 5.74) is -0.0654. The molecule has 0 radical (unpaired) electrons. The number of nitrogens with one attached hydrogen (secondary N) is 1. The summed E-state index contributed by atoms with van der Waals surface area (Å²) in [6.07, 6.45) is 2.67. The van der Waals surface area contributed by atoms with Crippen LogP contribution in [0.25, 0.3) is 0 Å². The van der Waals surface area contributed by atoms with Crippen molar-refractivity contribution in [1.29, 1.82) is 0 Å². The quantitative estimate of drug-likeness (QED) is 0.364. The Morgan fingerprint density at radius 2 is 1.75 bits per heavy atom. The highest BCUT2D eigenvalue weighted by atomic mass is 35.5. The maximum atomic E-state index is 12.7. The lowest BCUT2D eigenvalue weighted by atomic mass is 10.2. The molecule has 0 spiro atoms. The average molecular weight is 482 g/mol. The van der Waals surface area contributed by atoms with Crippen LogP contribution in [0.5, 0.6) is 0 Å². The van der Waals surface area contributed by atoms with Crippen molar-refractivity contribution < 1.29 is 27.7 Å². The number of ether oxygens (including phenoxy) is 1. The second-order valence-corrected chi connectivity index (χ2v) is 9.38. The Balaban J connectivity index is 1.56. The smallest absolute Gasteiger partial charge is 0.340 e. The second kappa shape index (κ2) is 10.1. The number of nitrogens with zero attached hydrogens (tertiary/aromatic N) is 2. The van der Waals surface area contributed by atoms with Gasteiger partial charge in [-0.25, -0.2) is 13.2 Å². The number of piperidine rings is 1. The molecule has 2 aromatic carbocycles. The third kappa shape index (κ3) is 5.61. The van der Waals surface area contributed by atoms with Crippen molar-refractivity contribution in [1.82, 2.24) is 4.31 Å². The number of halogens is 1. The molecule has 3 rings (SSSR count). The molecular formula is C20H20ClN3O7S. The van der Waals surface area contributed by atoms with E-state index in [1.807, 2.05) is 0 Å². The van der Waals surface area contributed by atoms with Crippen LogP contribution < -0.4 is 5.32 Å². The van der Waals surface area contributed by atoms with Gasteiger partial charge >= 0.3 is 5.97 Å². The number of anilines is 1. The van der Waals surface area contributed by atoms with E-state index in [4.69, 9.17) is 16.3 Å². The number of nitro benzene ring substituents is 1. The van der Waals surface area contributed by atoms with Gasteiger partial charge in [-0.1, -0.05) is 18.0 Å². The fourth-order valence-electron chi connectivity index (χ4n) is 3.15. The number of rotatable bonds is 7. The number of benzene rings is 2. The first-order chi connectivity index (χ1) is 15.2. The Morgan fingerprint density at radius 3 is 2.34 bits per heavy atom. The van der Waals surface area contributed by atoms with Crippen molar-refractivity contribution in [2.24, 2.45) is 0 Å². The summed E-state index contributed by atoms with van der Waals surface area (Å²) in [5, 5.41) is 13.0. The van der Waals surface area contributed by atoms with Crippen molar-refractivity contribution in [3.8, 4) is 0 Å². The van der Waals surface area contributed by atoms with Crippen LogP contribution in [0.4, 0.5) is 11.4 Å². The number of hydrogen-bond acceptors (Lipinski definition) is 7. The average Bonchev–Trinajstić information content (AvgIpc) is 2.78. The van der Waals surface area contributed by atoms with Crippen LogP contribution in [0.1, 0.15) is 29.6 Å². The standard InChI is InChI=1S/C20H20ClN3O7S/c21-18-12-15(24(27)28)6-9-17(18)20(26)31-13-19(25)22-14-4-7-16(8-5-14)32(29,30)23-10-2-1-3-11-23/h4-9,12H,1-3,10-11,13H2,(H,22,25). The molecule has 1 amide bonds. The van der Waals surface area contributed by atoms with Gasteiger partial charge in [-0.3, -0.25) is 14.9 Å². The molecule has 0 aromatic heterocycles. The molecule has 32 heavy (non-hydrogen) atoms. The molecule has 2 aromatic rings. The van der Waals surface area contributed by atoms with Crippen LogP contribution in [-0.4, -0.2) is 49.2 Å². The Bertz CT molecular complexity index is 1130. The predicted octanol–water partition coefficient (Wildman–Crippen LogP) is 3.22. The monoisotopic (exact) mass is 481 g/mol. The second-order valence-electron chi connectivity index (χ2n) is 7.03. The van der Waals surface area contributed by atoms with Gasteiger partial charge in [-0.05, 0) is 43.2 Å². The SMILES string of the molecule is O=C(COC(=O)c1ccc([N+](=O)[O-])cc1Cl)Nc1ccc(S(=O)(=O)N2CCCCC2)cc1. The fourth-order valence-corrected chi connectivity index (χ4v) is 4.92. The predicted molar refractivity (Wildman–Crippen MR) is 116 cm³/mol. The van der Waals surface area contributed by atoms with Gasteiger partial charge in [0.2, 0.25) is 10.0 Å². The summed E-state index contributed by atoms with van der Waals surface area (Å²) in [6.45, 7) is 0.357. The lowest BCUT2D eigenvalue weighted by Crippen LogP contribution is -2.35. The number of carbonyl (C=O) groups is 2. The molecule has 0 atom stereocenters. The van der Waals surface area contributed by atoms with Gasteiger partial charge in [-0.2, -0.15) is 4.31 Å². The fraction of sp³-hybridized carbons (Fsp3) is 0.300. The van der Waals surface area contributed by atoms with Crippen LogP contribution >= 0.6 is 11.6 Å². The molecule has 10 nitrogen and oxygen atoms in total. The molecule has 1 saturated heterocycles. The molecule has 0 saturated carbocycles. The molecule has 1 aliphatic rings. The molecule has 0 bridgehead atoms. The molecule has 170 valence electrons. The zero-order chi connectivity index (χ0) is 23.3. The van der Waals surface area contributed by atoms with E-state index in [1.54, 1.807) is 0 Å². The van der Waals surface area contributed by atoms with E-state index in [-0.39, 0.29) is 21.2 Å². The summed E-state index contributed by atoms with van der Waals surface area (Å²) in [6, 6.07) is 8.96. The minimum absolute atomic E-state index is 0.114. The van der Waals surface area contributed by atoms with Crippen LogP contribution in [0, 0.1) is 10.1 Å². The van der Waals surface area contributed by atoms with Crippen LogP contribution in [0.15, 0.2) is 47.4 Å². The molecule has 1 N–H and O–H groups in total. The Labute approximate surface area is 189 Å².